The van der Waals surface area contributed by atoms with E-state index in [1.165, 1.54) is 32.1 Å². The Labute approximate surface area is 166 Å². The summed E-state index contributed by atoms with van der Waals surface area (Å²) < 4.78 is 7.09. The molecule has 1 amide bonds. The molecule has 6 nitrogen and oxygen atoms in total. The van der Waals surface area contributed by atoms with Gasteiger partial charge in [-0.2, -0.15) is 5.10 Å². The molecule has 0 saturated heterocycles. The highest BCUT2D eigenvalue weighted by Crippen LogP contribution is 2.44. The van der Waals surface area contributed by atoms with Crippen molar-refractivity contribution in [3.05, 3.63) is 54.6 Å². The van der Waals surface area contributed by atoms with Gasteiger partial charge >= 0.3 is 6.09 Å². The molecule has 2 N–H and O–H groups in total. The van der Waals surface area contributed by atoms with Crippen molar-refractivity contribution >= 4 is 11.8 Å². The number of nitrogens with zero attached hydrogens (tertiary/aromatic N) is 3. The molecule has 1 fully saturated rings. The fraction of sp³-hybridized carbons (Fsp3) is 0.500. The molecule has 1 aromatic heterocycles. The Morgan fingerprint density at radius 2 is 2.00 bits per heavy atom. The number of carbonyl (C=O) groups excluding carboxylic acids is 1. The third kappa shape index (κ3) is 5.00. The third-order valence-corrected chi connectivity index (χ3v) is 5.54. The van der Waals surface area contributed by atoms with Gasteiger partial charge in [-0.25, -0.2) is 14.5 Å². The summed E-state index contributed by atoms with van der Waals surface area (Å²) in [6.45, 7) is 4.41. The van der Waals surface area contributed by atoms with Crippen LogP contribution in [0.4, 0.5) is 4.79 Å². The molecule has 1 aliphatic carbocycles. The monoisotopic (exact) mass is 382 g/mol. The van der Waals surface area contributed by atoms with Crippen molar-refractivity contribution in [1.82, 2.24) is 14.8 Å². The second kappa shape index (κ2) is 9.04. The van der Waals surface area contributed by atoms with Gasteiger partial charge in [0.15, 0.2) is 0 Å². The second-order valence-electron chi connectivity index (χ2n) is 8.27. The van der Waals surface area contributed by atoms with Gasteiger partial charge < -0.3 is 10.5 Å². The molecule has 0 aliphatic heterocycles. The summed E-state index contributed by atoms with van der Waals surface area (Å²) in [5.74, 6) is 0.490. The van der Waals surface area contributed by atoms with E-state index in [1.54, 1.807) is 12.7 Å². The summed E-state index contributed by atoms with van der Waals surface area (Å²) in [7, 11) is 0. The van der Waals surface area contributed by atoms with Gasteiger partial charge in [0.05, 0.1) is 6.61 Å². The van der Waals surface area contributed by atoms with E-state index in [1.807, 2.05) is 22.9 Å². The molecule has 28 heavy (non-hydrogen) atoms. The van der Waals surface area contributed by atoms with E-state index in [0.29, 0.717) is 5.92 Å². The molecule has 0 spiro atoms. The first kappa shape index (κ1) is 20.1. The van der Waals surface area contributed by atoms with Crippen LogP contribution in [-0.2, 0) is 4.74 Å². The zero-order chi connectivity index (χ0) is 20.0. The number of primary amides is 1. The molecule has 3 rings (SSSR count). The summed E-state index contributed by atoms with van der Waals surface area (Å²) in [5.41, 5.74) is 7.10. The van der Waals surface area contributed by atoms with Crippen LogP contribution in [0.5, 0.6) is 0 Å². The summed E-state index contributed by atoms with van der Waals surface area (Å²) >= 11 is 0. The van der Waals surface area contributed by atoms with Crippen molar-refractivity contribution in [2.45, 2.75) is 51.9 Å². The maximum absolute atomic E-state index is 11.3. The Bertz CT molecular complexity index is 778. The van der Waals surface area contributed by atoms with Crippen LogP contribution >= 0.6 is 0 Å². The molecule has 1 unspecified atom stereocenters. The number of benzene rings is 1. The van der Waals surface area contributed by atoms with Gasteiger partial charge in [-0.05, 0) is 24.3 Å². The molecule has 1 aliphatic rings. The molecule has 0 bridgehead atoms. The minimum atomic E-state index is -0.751. The molecular formula is C22H30N4O2. The number of nitrogens with two attached hydrogens (primary N) is 1. The maximum Gasteiger partial charge on any atom is 0.404 e. The lowest BCUT2D eigenvalue weighted by Crippen LogP contribution is -2.33. The highest BCUT2D eigenvalue weighted by atomic mass is 16.5. The maximum atomic E-state index is 11.3. The second-order valence-corrected chi connectivity index (χ2v) is 8.27. The molecule has 2 aromatic rings. The van der Waals surface area contributed by atoms with Crippen LogP contribution in [0.25, 0.3) is 5.70 Å². The van der Waals surface area contributed by atoms with Crippen molar-refractivity contribution in [2.75, 3.05) is 6.61 Å². The van der Waals surface area contributed by atoms with Crippen LogP contribution in [-0.4, -0.2) is 27.5 Å². The van der Waals surface area contributed by atoms with E-state index in [4.69, 9.17) is 10.5 Å². The molecule has 1 aromatic carbocycles. The highest BCUT2D eigenvalue weighted by Gasteiger charge is 2.36. The average Bonchev–Trinajstić information content (AvgIpc) is 3.22. The lowest BCUT2D eigenvalue weighted by Gasteiger charge is -2.36. The number of aromatic nitrogens is 3. The Hall–Kier alpha value is -2.63. The first-order valence-corrected chi connectivity index (χ1v) is 10.0. The first-order chi connectivity index (χ1) is 13.5. The van der Waals surface area contributed by atoms with Gasteiger partial charge in [0.1, 0.15) is 12.7 Å². The Kier molecular flexibility index (Phi) is 6.49. The average molecular weight is 383 g/mol. The smallest absolute Gasteiger partial charge is 0.404 e. The number of allylic oxidation sites excluding steroid dienone is 2. The molecule has 150 valence electrons. The number of carbonyl (C=O) groups is 1. The summed E-state index contributed by atoms with van der Waals surface area (Å²) in [4.78, 5) is 15.5. The molecule has 0 radical (unpaired) electrons. The van der Waals surface area contributed by atoms with E-state index in [0.717, 1.165) is 11.3 Å². The van der Waals surface area contributed by atoms with Gasteiger partial charge in [-0.3, -0.25) is 0 Å². The Morgan fingerprint density at radius 3 is 2.61 bits per heavy atom. The molecule has 1 saturated carbocycles. The summed E-state index contributed by atoms with van der Waals surface area (Å²) in [6, 6.07) is 10.3. The van der Waals surface area contributed by atoms with E-state index < -0.39 is 6.09 Å². The zero-order valence-electron chi connectivity index (χ0n) is 16.8. The Morgan fingerprint density at radius 1 is 1.29 bits per heavy atom. The lowest BCUT2D eigenvalue weighted by atomic mass is 9.72. The van der Waals surface area contributed by atoms with Gasteiger partial charge in [0.25, 0.3) is 0 Å². The zero-order valence-corrected chi connectivity index (χ0v) is 16.8. The SMILES string of the molecule is CC(C)(COC(N)=O)C(C(=CC1CCCCC1)n1cncn1)c1ccccc1. The van der Waals surface area contributed by atoms with Gasteiger partial charge in [-0.15, -0.1) is 0 Å². The molecule has 1 heterocycles. The van der Waals surface area contributed by atoms with E-state index in [2.05, 4.69) is 42.1 Å². The van der Waals surface area contributed by atoms with Crippen molar-refractivity contribution in [2.24, 2.45) is 17.1 Å². The minimum Gasteiger partial charge on any atom is -0.449 e. The topological polar surface area (TPSA) is 83.0 Å². The third-order valence-electron chi connectivity index (χ3n) is 5.54. The lowest BCUT2D eigenvalue weighted by molar-refractivity contribution is 0.0995. The van der Waals surface area contributed by atoms with Crippen molar-refractivity contribution in [3.63, 3.8) is 0 Å². The van der Waals surface area contributed by atoms with Gasteiger partial charge in [0.2, 0.25) is 0 Å². The molecule has 6 heteroatoms. The first-order valence-electron chi connectivity index (χ1n) is 10.0. The van der Waals surface area contributed by atoms with Gasteiger partial charge in [0, 0.05) is 17.0 Å². The van der Waals surface area contributed by atoms with Crippen molar-refractivity contribution < 1.29 is 9.53 Å². The van der Waals surface area contributed by atoms with Crippen LogP contribution in [0, 0.1) is 11.3 Å². The quantitative estimate of drug-likeness (QED) is 0.758. The van der Waals surface area contributed by atoms with Crippen LogP contribution in [0.2, 0.25) is 0 Å². The van der Waals surface area contributed by atoms with Crippen LogP contribution in [0.3, 0.4) is 0 Å². The van der Waals surface area contributed by atoms with Crippen LogP contribution in [0.15, 0.2) is 49.1 Å². The fourth-order valence-corrected chi connectivity index (χ4v) is 4.20. The highest BCUT2D eigenvalue weighted by molar-refractivity contribution is 5.64. The molecule has 1 atom stereocenters. The summed E-state index contributed by atoms with van der Waals surface area (Å²) in [6.07, 6.45) is 11.1. The van der Waals surface area contributed by atoms with Crippen molar-refractivity contribution in [3.8, 4) is 0 Å². The largest absolute Gasteiger partial charge is 0.449 e. The standard InChI is InChI=1S/C22H30N4O2/c1-22(2,14-28-21(23)27)20(18-11-7-4-8-12-18)19(26-16-24-15-25-26)13-17-9-5-3-6-10-17/h4,7-8,11-13,15-17,20H,3,5-6,9-10,14H2,1-2H3,(H2,23,27). The van der Waals surface area contributed by atoms with Crippen LogP contribution < -0.4 is 5.73 Å². The van der Waals surface area contributed by atoms with Crippen LogP contribution in [0.1, 0.15) is 57.4 Å². The van der Waals surface area contributed by atoms with E-state index >= 15 is 0 Å². The normalized spacial score (nSPS) is 17.3. The number of amides is 1. The number of rotatable bonds is 7. The molecular weight excluding hydrogens is 352 g/mol. The number of hydrogen-bond acceptors (Lipinski definition) is 4. The Balaban J connectivity index is 2.06. The van der Waals surface area contributed by atoms with E-state index in [-0.39, 0.29) is 17.9 Å². The summed E-state index contributed by atoms with van der Waals surface area (Å²) in [5, 5.41) is 4.44. The van der Waals surface area contributed by atoms with Gasteiger partial charge in [-0.1, -0.05) is 69.5 Å². The predicted octanol–water partition coefficient (Wildman–Crippen LogP) is 4.60. The predicted molar refractivity (Wildman–Crippen MR) is 109 cm³/mol. The number of ether oxygens (including phenoxy) is 1. The number of hydrogen-bond donors (Lipinski definition) is 1. The van der Waals surface area contributed by atoms with Crippen molar-refractivity contribution in [1.29, 1.82) is 0 Å². The van der Waals surface area contributed by atoms with E-state index in [9.17, 15) is 4.79 Å². The fourth-order valence-electron chi connectivity index (χ4n) is 4.20. The minimum absolute atomic E-state index is 0.0309.